The normalized spacial score (nSPS) is 10.2. The second-order valence-electron chi connectivity index (χ2n) is 4.31. The highest BCUT2D eigenvalue weighted by atomic mass is 35.5. The van der Waals surface area contributed by atoms with Crippen molar-refractivity contribution in [2.75, 3.05) is 0 Å². The molecule has 5 nitrogen and oxygen atoms in total. The number of ether oxygens (including phenoxy) is 1. The molecule has 0 aliphatic rings. The van der Waals surface area contributed by atoms with E-state index in [2.05, 4.69) is 0 Å². The standard InChI is InChI=1S/C15H12ClNO4/c1-2-10-8-13(4-5-14(10)16)21-15-6-3-12(17(19)20)7-11(15)9-18/h3-9H,2H2,1H3. The largest absolute Gasteiger partial charge is 0.457 e. The Labute approximate surface area is 126 Å². The van der Waals surface area contributed by atoms with Crippen LogP contribution in [0, 0.1) is 10.1 Å². The molecule has 2 aromatic carbocycles. The van der Waals surface area contributed by atoms with Gasteiger partial charge in [-0.15, -0.1) is 0 Å². The second kappa shape index (κ2) is 6.37. The fourth-order valence-corrected chi connectivity index (χ4v) is 2.10. The molecule has 0 saturated carbocycles. The van der Waals surface area contributed by atoms with Gasteiger partial charge in [0.05, 0.1) is 10.5 Å². The van der Waals surface area contributed by atoms with Crippen molar-refractivity contribution in [2.45, 2.75) is 13.3 Å². The van der Waals surface area contributed by atoms with E-state index < -0.39 is 4.92 Å². The molecule has 2 aromatic rings. The lowest BCUT2D eigenvalue weighted by atomic mass is 10.1. The summed E-state index contributed by atoms with van der Waals surface area (Å²) in [5.41, 5.74) is 0.885. The zero-order chi connectivity index (χ0) is 15.4. The number of hydrogen-bond donors (Lipinski definition) is 0. The maximum absolute atomic E-state index is 11.0. The Bertz CT molecular complexity index is 700. The van der Waals surface area contributed by atoms with E-state index in [1.54, 1.807) is 18.2 Å². The number of carbonyl (C=O) groups is 1. The average molecular weight is 306 g/mol. The molecule has 6 heteroatoms. The summed E-state index contributed by atoms with van der Waals surface area (Å²) in [6.07, 6.45) is 1.27. The van der Waals surface area contributed by atoms with Crippen molar-refractivity contribution < 1.29 is 14.5 Å². The Morgan fingerprint density at radius 3 is 2.67 bits per heavy atom. The topological polar surface area (TPSA) is 69.4 Å². The minimum atomic E-state index is -0.561. The number of aryl methyl sites for hydroxylation is 1. The van der Waals surface area contributed by atoms with E-state index in [1.165, 1.54) is 18.2 Å². The van der Waals surface area contributed by atoms with E-state index >= 15 is 0 Å². The lowest BCUT2D eigenvalue weighted by molar-refractivity contribution is -0.384. The number of nitrogens with zero attached hydrogens (tertiary/aromatic N) is 1. The van der Waals surface area contributed by atoms with Gasteiger partial charge in [0.1, 0.15) is 11.5 Å². The summed E-state index contributed by atoms with van der Waals surface area (Å²) in [4.78, 5) is 21.2. The number of aldehydes is 1. The van der Waals surface area contributed by atoms with Gasteiger partial charge < -0.3 is 4.74 Å². The molecule has 108 valence electrons. The van der Waals surface area contributed by atoms with Crippen molar-refractivity contribution in [3.63, 3.8) is 0 Å². The van der Waals surface area contributed by atoms with Crippen LogP contribution < -0.4 is 4.74 Å². The number of benzene rings is 2. The predicted octanol–water partition coefficient (Wildman–Crippen LogP) is 4.42. The monoisotopic (exact) mass is 305 g/mol. The first-order valence-electron chi connectivity index (χ1n) is 6.25. The van der Waals surface area contributed by atoms with Crippen LogP contribution in [0.3, 0.4) is 0 Å². The Kier molecular flexibility index (Phi) is 4.55. The van der Waals surface area contributed by atoms with Crippen LogP contribution >= 0.6 is 11.6 Å². The van der Waals surface area contributed by atoms with Crippen molar-refractivity contribution in [3.8, 4) is 11.5 Å². The summed E-state index contributed by atoms with van der Waals surface area (Å²) < 4.78 is 5.62. The first kappa shape index (κ1) is 15.0. The Hall–Kier alpha value is -2.40. The molecular weight excluding hydrogens is 294 g/mol. The maximum Gasteiger partial charge on any atom is 0.270 e. The molecule has 0 unspecified atom stereocenters. The molecule has 0 aromatic heterocycles. The van der Waals surface area contributed by atoms with Crippen LogP contribution in [-0.2, 0) is 6.42 Å². The fourth-order valence-electron chi connectivity index (χ4n) is 1.85. The lowest BCUT2D eigenvalue weighted by Gasteiger charge is -2.10. The molecule has 21 heavy (non-hydrogen) atoms. The predicted molar refractivity (Wildman–Crippen MR) is 79.4 cm³/mol. The van der Waals surface area contributed by atoms with Crippen molar-refractivity contribution in [3.05, 3.63) is 62.7 Å². The fraction of sp³-hybridized carbons (Fsp3) is 0.133. The number of carbonyl (C=O) groups excluding carboxylic acids is 1. The summed E-state index contributed by atoms with van der Waals surface area (Å²) >= 11 is 6.03. The first-order valence-corrected chi connectivity index (χ1v) is 6.63. The Morgan fingerprint density at radius 1 is 1.29 bits per heavy atom. The summed E-state index contributed by atoms with van der Waals surface area (Å²) in [5, 5.41) is 11.3. The minimum Gasteiger partial charge on any atom is -0.457 e. The average Bonchev–Trinajstić information content (AvgIpc) is 2.49. The minimum absolute atomic E-state index is 0.122. The molecule has 2 rings (SSSR count). The van der Waals surface area contributed by atoms with Gasteiger partial charge in [0.2, 0.25) is 0 Å². The van der Waals surface area contributed by atoms with Gasteiger partial charge in [-0.25, -0.2) is 0 Å². The quantitative estimate of drug-likeness (QED) is 0.466. The van der Waals surface area contributed by atoms with Gasteiger partial charge in [0.15, 0.2) is 6.29 Å². The summed E-state index contributed by atoms with van der Waals surface area (Å²) in [5.74, 6) is 0.785. The van der Waals surface area contributed by atoms with E-state index in [1.807, 2.05) is 6.92 Å². The number of hydrogen-bond acceptors (Lipinski definition) is 4. The van der Waals surface area contributed by atoms with Crippen LogP contribution in [-0.4, -0.2) is 11.2 Å². The van der Waals surface area contributed by atoms with Gasteiger partial charge in [-0.05, 0) is 36.2 Å². The van der Waals surface area contributed by atoms with E-state index in [4.69, 9.17) is 16.3 Å². The molecule has 0 saturated heterocycles. The van der Waals surface area contributed by atoms with Gasteiger partial charge in [0.25, 0.3) is 5.69 Å². The maximum atomic E-state index is 11.0. The van der Waals surface area contributed by atoms with Crippen molar-refractivity contribution in [1.29, 1.82) is 0 Å². The second-order valence-corrected chi connectivity index (χ2v) is 4.71. The third-order valence-corrected chi connectivity index (χ3v) is 3.33. The van der Waals surface area contributed by atoms with E-state index in [9.17, 15) is 14.9 Å². The molecule has 0 spiro atoms. The molecule has 0 fully saturated rings. The number of nitro benzene ring substituents is 1. The summed E-state index contributed by atoms with van der Waals surface area (Å²) in [6.45, 7) is 1.97. The summed E-state index contributed by atoms with van der Waals surface area (Å²) in [6, 6.07) is 9.04. The molecular formula is C15H12ClNO4. The highest BCUT2D eigenvalue weighted by Gasteiger charge is 2.12. The van der Waals surface area contributed by atoms with Gasteiger partial charge in [-0.3, -0.25) is 14.9 Å². The smallest absolute Gasteiger partial charge is 0.270 e. The SMILES string of the molecule is CCc1cc(Oc2ccc([N+](=O)[O-])cc2C=O)ccc1Cl. The van der Waals surface area contributed by atoms with Crippen LogP contribution in [0.15, 0.2) is 36.4 Å². The van der Waals surface area contributed by atoms with E-state index in [0.717, 1.165) is 12.0 Å². The molecule has 0 radical (unpaired) electrons. The molecule has 0 aliphatic carbocycles. The molecule has 0 aliphatic heterocycles. The van der Waals surface area contributed by atoms with Crippen molar-refractivity contribution in [2.24, 2.45) is 0 Å². The van der Waals surface area contributed by atoms with E-state index in [0.29, 0.717) is 17.1 Å². The van der Waals surface area contributed by atoms with Crippen molar-refractivity contribution >= 4 is 23.6 Å². The van der Waals surface area contributed by atoms with Crippen LogP contribution in [0.1, 0.15) is 22.8 Å². The van der Waals surface area contributed by atoms with Gasteiger partial charge in [0, 0.05) is 17.2 Å². The van der Waals surface area contributed by atoms with Crippen LogP contribution in [0.4, 0.5) is 5.69 Å². The first-order chi connectivity index (χ1) is 10.0. The van der Waals surface area contributed by atoms with E-state index in [-0.39, 0.29) is 17.0 Å². The highest BCUT2D eigenvalue weighted by molar-refractivity contribution is 6.31. The number of nitro groups is 1. The highest BCUT2D eigenvalue weighted by Crippen LogP contribution is 2.30. The van der Waals surface area contributed by atoms with Crippen LogP contribution in [0.2, 0.25) is 5.02 Å². The van der Waals surface area contributed by atoms with Crippen LogP contribution in [0.25, 0.3) is 0 Å². The molecule has 0 heterocycles. The van der Waals surface area contributed by atoms with Crippen molar-refractivity contribution in [1.82, 2.24) is 0 Å². The molecule has 0 atom stereocenters. The Morgan fingerprint density at radius 2 is 2.05 bits per heavy atom. The summed E-state index contributed by atoms with van der Waals surface area (Å²) in [7, 11) is 0. The third-order valence-electron chi connectivity index (χ3n) is 2.96. The zero-order valence-corrected chi connectivity index (χ0v) is 12.0. The number of non-ortho nitro benzene ring substituents is 1. The number of halogens is 1. The number of rotatable bonds is 5. The van der Waals surface area contributed by atoms with Gasteiger partial charge in [-0.1, -0.05) is 18.5 Å². The molecule has 0 N–H and O–H groups in total. The molecule has 0 amide bonds. The molecule has 0 bridgehead atoms. The third kappa shape index (κ3) is 3.38. The lowest BCUT2D eigenvalue weighted by Crippen LogP contribution is -1.94. The zero-order valence-electron chi connectivity index (χ0n) is 11.2. The van der Waals surface area contributed by atoms with Gasteiger partial charge in [-0.2, -0.15) is 0 Å². The van der Waals surface area contributed by atoms with Crippen LogP contribution in [0.5, 0.6) is 11.5 Å². The Balaban J connectivity index is 2.35. The van der Waals surface area contributed by atoms with Gasteiger partial charge >= 0.3 is 0 Å².